The van der Waals surface area contributed by atoms with Crippen LogP contribution in [0.1, 0.15) is 44.2 Å². The van der Waals surface area contributed by atoms with Crippen molar-refractivity contribution in [1.29, 1.82) is 0 Å². The monoisotopic (exact) mass is 376 g/mol. The van der Waals surface area contributed by atoms with E-state index in [1.807, 2.05) is 27.0 Å². The third kappa shape index (κ3) is 5.06. The molecule has 0 saturated carbocycles. The van der Waals surface area contributed by atoms with Crippen LogP contribution in [0.4, 0.5) is 0 Å². The van der Waals surface area contributed by atoms with Gasteiger partial charge in [0.1, 0.15) is 0 Å². The van der Waals surface area contributed by atoms with Gasteiger partial charge in [-0.2, -0.15) is 0 Å². The highest BCUT2D eigenvalue weighted by Crippen LogP contribution is 2.27. The predicted octanol–water partition coefficient (Wildman–Crippen LogP) is 3.33. The van der Waals surface area contributed by atoms with Crippen LogP contribution in [0.15, 0.2) is 21.5 Å². The highest BCUT2D eigenvalue weighted by atomic mass is 79.9. The average Bonchev–Trinajstić information content (AvgIpc) is 2.42. The summed E-state index contributed by atoms with van der Waals surface area (Å²) in [5, 5.41) is 3.05. The SMILES string of the molecule is CCCC(CC)NS(=O)(=O)c1cc(CNC)cc(C)c1Br. The van der Waals surface area contributed by atoms with Crippen molar-refractivity contribution in [2.75, 3.05) is 7.05 Å². The third-order valence-electron chi connectivity index (χ3n) is 3.40. The summed E-state index contributed by atoms with van der Waals surface area (Å²) in [6, 6.07) is 3.71. The molecule has 0 aliphatic heterocycles. The fourth-order valence-corrected chi connectivity index (χ4v) is 4.71. The molecule has 1 rings (SSSR count). The molecule has 120 valence electrons. The largest absolute Gasteiger partial charge is 0.316 e. The summed E-state index contributed by atoms with van der Waals surface area (Å²) in [6.45, 7) is 6.61. The van der Waals surface area contributed by atoms with E-state index in [0.717, 1.165) is 30.4 Å². The number of rotatable bonds is 8. The molecule has 0 spiro atoms. The normalized spacial score (nSPS) is 13.4. The molecule has 0 amide bonds. The van der Waals surface area contributed by atoms with Gasteiger partial charge in [0, 0.05) is 17.1 Å². The molecule has 0 aliphatic rings. The Labute approximate surface area is 136 Å². The number of halogens is 1. The zero-order chi connectivity index (χ0) is 16.0. The minimum Gasteiger partial charge on any atom is -0.316 e. The second kappa shape index (κ2) is 8.27. The lowest BCUT2D eigenvalue weighted by molar-refractivity contribution is 0.512. The standard InChI is InChI=1S/C15H25BrN2O2S/c1-5-7-13(6-2)18-21(19,20)14-9-12(10-17-4)8-11(3)15(14)16/h8-9,13,17-18H,5-7,10H2,1-4H3. The van der Waals surface area contributed by atoms with Crippen LogP contribution in [0, 0.1) is 6.92 Å². The molecule has 0 aliphatic carbocycles. The van der Waals surface area contributed by atoms with Crippen molar-refractivity contribution in [2.24, 2.45) is 0 Å². The number of nitrogens with one attached hydrogen (secondary N) is 2. The smallest absolute Gasteiger partial charge is 0.241 e. The number of benzene rings is 1. The Hall–Kier alpha value is -0.430. The molecule has 0 aromatic heterocycles. The number of hydrogen-bond acceptors (Lipinski definition) is 3. The molecule has 0 heterocycles. The summed E-state index contributed by atoms with van der Waals surface area (Å²) in [5.41, 5.74) is 1.88. The summed E-state index contributed by atoms with van der Waals surface area (Å²) in [4.78, 5) is 0.322. The van der Waals surface area contributed by atoms with Crippen molar-refractivity contribution in [3.05, 3.63) is 27.7 Å². The van der Waals surface area contributed by atoms with Gasteiger partial charge in [-0.1, -0.05) is 26.3 Å². The topological polar surface area (TPSA) is 58.2 Å². The van der Waals surface area contributed by atoms with Gasteiger partial charge in [-0.05, 0) is 59.9 Å². The van der Waals surface area contributed by atoms with Gasteiger partial charge in [-0.25, -0.2) is 13.1 Å². The number of sulfonamides is 1. The summed E-state index contributed by atoms with van der Waals surface area (Å²) in [6.07, 6.45) is 2.60. The maximum absolute atomic E-state index is 12.6. The third-order valence-corrected chi connectivity index (χ3v) is 6.26. The molecule has 21 heavy (non-hydrogen) atoms. The zero-order valence-corrected chi connectivity index (χ0v) is 15.6. The van der Waals surface area contributed by atoms with Gasteiger partial charge in [-0.3, -0.25) is 0 Å². The fraction of sp³-hybridized carbons (Fsp3) is 0.600. The van der Waals surface area contributed by atoms with E-state index in [4.69, 9.17) is 0 Å². The van der Waals surface area contributed by atoms with Gasteiger partial charge >= 0.3 is 0 Å². The first-order valence-electron chi connectivity index (χ1n) is 7.31. The molecule has 1 unspecified atom stereocenters. The molecule has 0 saturated heterocycles. The molecule has 1 aromatic carbocycles. The Kier molecular flexibility index (Phi) is 7.33. The lowest BCUT2D eigenvalue weighted by Gasteiger charge is -2.18. The first-order valence-corrected chi connectivity index (χ1v) is 9.59. The summed E-state index contributed by atoms with van der Waals surface area (Å²) < 4.78 is 28.7. The molecule has 2 N–H and O–H groups in total. The van der Waals surface area contributed by atoms with Gasteiger partial charge in [-0.15, -0.1) is 0 Å². The second-order valence-electron chi connectivity index (χ2n) is 5.27. The number of hydrogen-bond donors (Lipinski definition) is 2. The Morgan fingerprint density at radius 2 is 1.95 bits per heavy atom. The quantitative estimate of drug-likeness (QED) is 0.731. The Morgan fingerprint density at radius 3 is 2.48 bits per heavy atom. The van der Waals surface area contributed by atoms with Crippen LogP contribution >= 0.6 is 15.9 Å². The molecule has 6 heteroatoms. The van der Waals surface area contributed by atoms with Crippen molar-refractivity contribution in [2.45, 2.75) is 57.5 Å². The van der Waals surface area contributed by atoms with E-state index in [0.29, 0.717) is 15.9 Å². The summed E-state index contributed by atoms with van der Waals surface area (Å²) in [7, 11) is -1.67. The maximum Gasteiger partial charge on any atom is 0.241 e. The van der Waals surface area contributed by atoms with E-state index < -0.39 is 10.0 Å². The van der Waals surface area contributed by atoms with Crippen molar-refractivity contribution in [3.8, 4) is 0 Å². The van der Waals surface area contributed by atoms with Crippen LogP contribution in [0.25, 0.3) is 0 Å². The zero-order valence-electron chi connectivity index (χ0n) is 13.2. The molecule has 1 aromatic rings. The molecule has 0 bridgehead atoms. The van der Waals surface area contributed by atoms with E-state index in [1.54, 1.807) is 6.07 Å². The predicted molar refractivity (Wildman–Crippen MR) is 91.0 cm³/mol. The van der Waals surface area contributed by atoms with Gasteiger partial charge < -0.3 is 5.32 Å². The van der Waals surface area contributed by atoms with Crippen molar-refractivity contribution >= 4 is 26.0 Å². The first kappa shape index (κ1) is 18.6. The summed E-state index contributed by atoms with van der Waals surface area (Å²) in [5.74, 6) is 0. The maximum atomic E-state index is 12.6. The molecular weight excluding hydrogens is 352 g/mol. The second-order valence-corrected chi connectivity index (χ2v) is 7.75. The van der Waals surface area contributed by atoms with Crippen molar-refractivity contribution in [1.82, 2.24) is 10.0 Å². The minimum atomic E-state index is -3.51. The van der Waals surface area contributed by atoms with Crippen LogP contribution in [-0.4, -0.2) is 21.5 Å². The Morgan fingerprint density at radius 1 is 1.29 bits per heavy atom. The van der Waals surface area contributed by atoms with Gasteiger partial charge in [0.2, 0.25) is 10.0 Å². The molecular formula is C15H25BrN2O2S. The van der Waals surface area contributed by atoms with Crippen molar-refractivity contribution in [3.63, 3.8) is 0 Å². The van der Waals surface area contributed by atoms with Crippen LogP contribution in [0.5, 0.6) is 0 Å². The van der Waals surface area contributed by atoms with E-state index in [9.17, 15) is 8.42 Å². The van der Waals surface area contributed by atoms with Crippen LogP contribution in [0.2, 0.25) is 0 Å². The van der Waals surface area contributed by atoms with Gasteiger partial charge in [0.25, 0.3) is 0 Å². The van der Waals surface area contributed by atoms with E-state index >= 15 is 0 Å². The van der Waals surface area contributed by atoms with Crippen molar-refractivity contribution < 1.29 is 8.42 Å². The fourth-order valence-electron chi connectivity index (χ4n) is 2.29. The van der Waals surface area contributed by atoms with Gasteiger partial charge in [0.05, 0.1) is 4.90 Å². The highest BCUT2D eigenvalue weighted by molar-refractivity contribution is 9.10. The van der Waals surface area contributed by atoms with E-state index in [2.05, 4.69) is 32.9 Å². The van der Waals surface area contributed by atoms with E-state index in [1.165, 1.54) is 0 Å². The molecule has 0 fully saturated rings. The number of aryl methyl sites for hydroxylation is 1. The van der Waals surface area contributed by atoms with E-state index in [-0.39, 0.29) is 6.04 Å². The lowest BCUT2D eigenvalue weighted by Crippen LogP contribution is -2.34. The minimum absolute atomic E-state index is 0.0137. The van der Waals surface area contributed by atoms with Crippen LogP contribution in [0.3, 0.4) is 0 Å². The summed E-state index contributed by atoms with van der Waals surface area (Å²) >= 11 is 3.41. The lowest BCUT2D eigenvalue weighted by atomic mass is 10.1. The molecule has 4 nitrogen and oxygen atoms in total. The first-order chi connectivity index (χ1) is 9.85. The van der Waals surface area contributed by atoms with Crippen LogP contribution in [-0.2, 0) is 16.6 Å². The Balaban J connectivity index is 3.17. The Bertz CT molecular complexity index is 573. The molecule has 0 radical (unpaired) electrons. The average molecular weight is 377 g/mol. The van der Waals surface area contributed by atoms with Crippen LogP contribution < -0.4 is 10.0 Å². The molecule has 1 atom stereocenters. The highest BCUT2D eigenvalue weighted by Gasteiger charge is 2.22. The van der Waals surface area contributed by atoms with Gasteiger partial charge in [0.15, 0.2) is 0 Å².